The van der Waals surface area contributed by atoms with Crippen molar-refractivity contribution in [3.8, 4) is 0 Å². The third-order valence-corrected chi connectivity index (χ3v) is 5.14. The lowest BCUT2D eigenvalue weighted by atomic mass is 10.1. The van der Waals surface area contributed by atoms with E-state index in [9.17, 15) is 9.59 Å². The second-order valence-electron chi connectivity index (χ2n) is 5.62. The van der Waals surface area contributed by atoms with Crippen molar-refractivity contribution in [3.05, 3.63) is 33.8 Å². The van der Waals surface area contributed by atoms with Gasteiger partial charge in [-0.25, -0.2) is 4.79 Å². The standard InChI is InChI=1S/C15H15Cl2NO3/c16-11-4-1-3-8(13(11)17)9-7-10(9)14(19)18-6-2-5-12(18)15(20)21/h1,3-4,9-10,12H,2,5-7H2,(H,20,21). The molecule has 1 aromatic carbocycles. The number of hydrogen-bond donors (Lipinski definition) is 1. The molecule has 1 N–H and O–H groups in total. The molecular formula is C15H15Cl2NO3. The molecule has 112 valence electrons. The first-order valence-corrected chi connectivity index (χ1v) is 7.73. The van der Waals surface area contributed by atoms with E-state index in [1.54, 1.807) is 6.07 Å². The van der Waals surface area contributed by atoms with Gasteiger partial charge < -0.3 is 10.0 Å². The van der Waals surface area contributed by atoms with Crippen LogP contribution in [-0.2, 0) is 9.59 Å². The van der Waals surface area contributed by atoms with Crippen LogP contribution in [0.1, 0.15) is 30.7 Å². The molecule has 1 aromatic rings. The zero-order chi connectivity index (χ0) is 15.1. The molecule has 2 fully saturated rings. The lowest BCUT2D eigenvalue weighted by molar-refractivity contribution is -0.148. The van der Waals surface area contributed by atoms with Gasteiger partial charge in [0, 0.05) is 12.5 Å². The predicted octanol–water partition coefficient (Wildman–Crippen LogP) is 3.17. The second kappa shape index (κ2) is 5.50. The van der Waals surface area contributed by atoms with Crippen LogP contribution in [0.5, 0.6) is 0 Å². The summed E-state index contributed by atoms with van der Waals surface area (Å²) in [5.74, 6) is -1.10. The molecule has 21 heavy (non-hydrogen) atoms. The molecule has 3 unspecified atom stereocenters. The summed E-state index contributed by atoms with van der Waals surface area (Å²) < 4.78 is 0. The zero-order valence-electron chi connectivity index (χ0n) is 11.3. The van der Waals surface area contributed by atoms with E-state index in [2.05, 4.69) is 0 Å². The maximum Gasteiger partial charge on any atom is 0.326 e. The monoisotopic (exact) mass is 327 g/mol. The van der Waals surface area contributed by atoms with Crippen molar-refractivity contribution >= 4 is 35.1 Å². The van der Waals surface area contributed by atoms with Gasteiger partial charge >= 0.3 is 5.97 Å². The van der Waals surface area contributed by atoms with Crippen LogP contribution in [0.15, 0.2) is 18.2 Å². The highest BCUT2D eigenvalue weighted by Gasteiger charge is 2.49. The topological polar surface area (TPSA) is 57.6 Å². The van der Waals surface area contributed by atoms with Crippen molar-refractivity contribution in [2.24, 2.45) is 5.92 Å². The van der Waals surface area contributed by atoms with Crippen LogP contribution in [0.25, 0.3) is 0 Å². The Morgan fingerprint density at radius 3 is 2.76 bits per heavy atom. The van der Waals surface area contributed by atoms with Crippen molar-refractivity contribution in [2.75, 3.05) is 6.54 Å². The van der Waals surface area contributed by atoms with Crippen LogP contribution in [0.2, 0.25) is 10.0 Å². The van der Waals surface area contributed by atoms with Gasteiger partial charge in [0.05, 0.1) is 10.0 Å². The number of carbonyl (C=O) groups is 2. The molecule has 2 aliphatic rings. The molecule has 1 saturated heterocycles. The summed E-state index contributed by atoms with van der Waals surface area (Å²) in [5, 5.41) is 10.1. The minimum atomic E-state index is -0.918. The Kier molecular flexibility index (Phi) is 3.84. The van der Waals surface area contributed by atoms with Crippen molar-refractivity contribution in [3.63, 3.8) is 0 Å². The Morgan fingerprint density at radius 1 is 1.29 bits per heavy atom. The molecule has 3 rings (SSSR count). The van der Waals surface area contributed by atoms with E-state index in [4.69, 9.17) is 28.3 Å². The van der Waals surface area contributed by atoms with E-state index >= 15 is 0 Å². The zero-order valence-corrected chi connectivity index (χ0v) is 12.8. The molecule has 1 aliphatic heterocycles. The first-order chi connectivity index (χ1) is 10.0. The quantitative estimate of drug-likeness (QED) is 0.927. The summed E-state index contributed by atoms with van der Waals surface area (Å²) in [4.78, 5) is 25.2. The number of carboxylic acid groups (broad SMARTS) is 1. The van der Waals surface area contributed by atoms with Gasteiger partial charge in [0.25, 0.3) is 0 Å². The maximum absolute atomic E-state index is 12.5. The molecule has 1 amide bonds. The number of amides is 1. The summed E-state index contributed by atoms with van der Waals surface area (Å²) in [5.41, 5.74) is 0.883. The Morgan fingerprint density at radius 2 is 2.05 bits per heavy atom. The Hall–Kier alpha value is -1.26. The summed E-state index contributed by atoms with van der Waals surface area (Å²) >= 11 is 12.2. The van der Waals surface area contributed by atoms with E-state index in [-0.39, 0.29) is 17.7 Å². The molecule has 1 aliphatic carbocycles. The number of aliphatic carboxylic acids is 1. The van der Waals surface area contributed by atoms with Crippen molar-refractivity contribution in [1.82, 2.24) is 4.90 Å². The van der Waals surface area contributed by atoms with Gasteiger partial charge in [-0.2, -0.15) is 0 Å². The predicted molar refractivity (Wildman–Crippen MR) is 79.7 cm³/mol. The normalized spacial score (nSPS) is 27.7. The average molecular weight is 328 g/mol. The third kappa shape index (κ3) is 2.62. The molecule has 1 saturated carbocycles. The van der Waals surface area contributed by atoms with Gasteiger partial charge in [0.2, 0.25) is 5.91 Å². The number of halogens is 2. The molecule has 4 nitrogen and oxygen atoms in total. The minimum Gasteiger partial charge on any atom is -0.480 e. The van der Waals surface area contributed by atoms with Crippen molar-refractivity contribution in [2.45, 2.75) is 31.2 Å². The summed E-state index contributed by atoms with van der Waals surface area (Å²) in [7, 11) is 0. The van der Waals surface area contributed by atoms with Crippen LogP contribution in [0.3, 0.4) is 0 Å². The highest BCUT2D eigenvalue weighted by Crippen LogP contribution is 2.51. The molecular weight excluding hydrogens is 313 g/mol. The Balaban J connectivity index is 1.74. The van der Waals surface area contributed by atoms with Crippen LogP contribution in [-0.4, -0.2) is 34.5 Å². The van der Waals surface area contributed by atoms with Gasteiger partial charge in [-0.1, -0.05) is 35.3 Å². The summed E-state index contributed by atoms with van der Waals surface area (Å²) in [6, 6.07) is 4.74. The third-order valence-electron chi connectivity index (χ3n) is 4.31. The molecule has 3 atom stereocenters. The van der Waals surface area contributed by atoms with Crippen LogP contribution >= 0.6 is 23.2 Å². The number of likely N-dealkylation sites (tertiary alicyclic amines) is 1. The molecule has 6 heteroatoms. The number of carbonyl (C=O) groups excluding carboxylic acids is 1. The molecule has 0 aromatic heterocycles. The SMILES string of the molecule is O=C(O)C1CCCN1C(=O)C1CC1c1cccc(Cl)c1Cl. The van der Waals surface area contributed by atoms with Crippen molar-refractivity contribution < 1.29 is 14.7 Å². The van der Waals surface area contributed by atoms with Gasteiger partial charge in [-0.3, -0.25) is 4.79 Å². The molecule has 0 bridgehead atoms. The fourth-order valence-electron chi connectivity index (χ4n) is 3.12. The largest absolute Gasteiger partial charge is 0.480 e. The van der Waals surface area contributed by atoms with Gasteiger partial charge in [-0.05, 0) is 36.8 Å². The van der Waals surface area contributed by atoms with E-state index in [0.717, 1.165) is 12.0 Å². The van der Waals surface area contributed by atoms with E-state index in [0.29, 0.717) is 29.4 Å². The first-order valence-electron chi connectivity index (χ1n) is 6.98. The van der Waals surface area contributed by atoms with E-state index in [1.807, 2.05) is 12.1 Å². The number of nitrogens with zero attached hydrogens (tertiary/aromatic N) is 1. The summed E-state index contributed by atoms with van der Waals surface area (Å²) in [6.07, 6.45) is 2.00. The first kappa shape index (κ1) is 14.7. The summed E-state index contributed by atoms with van der Waals surface area (Å²) in [6.45, 7) is 0.530. The maximum atomic E-state index is 12.5. The van der Waals surface area contributed by atoms with Crippen LogP contribution in [0, 0.1) is 5.92 Å². The molecule has 0 radical (unpaired) electrons. The molecule has 1 heterocycles. The fourth-order valence-corrected chi connectivity index (χ4v) is 3.57. The lowest BCUT2D eigenvalue weighted by Gasteiger charge is -2.21. The van der Waals surface area contributed by atoms with E-state index < -0.39 is 12.0 Å². The number of rotatable bonds is 3. The lowest BCUT2D eigenvalue weighted by Crippen LogP contribution is -2.41. The van der Waals surface area contributed by atoms with Crippen LogP contribution < -0.4 is 0 Å². The highest BCUT2D eigenvalue weighted by atomic mass is 35.5. The number of benzene rings is 1. The van der Waals surface area contributed by atoms with Crippen molar-refractivity contribution in [1.29, 1.82) is 0 Å². The van der Waals surface area contributed by atoms with E-state index in [1.165, 1.54) is 4.90 Å². The number of hydrogen-bond acceptors (Lipinski definition) is 2. The van der Waals surface area contributed by atoms with Gasteiger partial charge in [0.1, 0.15) is 6.04 Å². The smallest absolute Gasteiger partial charge is 0.326 e. The minimum absolute atomic E-state index is 0.0544. The van der Waals surface area contributed by atoms with Crippen LogP contribution in [0.4, 0.5) is 0 Å². The average Bonchev–Trinajstić information content (AvgIpc) is 3.07. The fraction of sp³-hybridized carbons (Fsp3) is 0.467. The number of carboxylic acids is 1. The molecule has 0 spiro atoms. The second-order valence-corrected chi connectivity index (χ2v) is 6.40. The van der Waals surface area contributed by atoms with Gasteiger partial charge in [0.15, 0.2) is 0 Å². The van der Waals surface area contributed by atoms with Gasteiger partial charge in [-0.15, -0.1) is 0 Å². The Labute approximate surface area is 132 Å². The Bertz CT molecular complexity index is 605. The highest BCUT2D eigenvalue weighted by molar-refractivity contribution is 6.42.